The second-order valence-electron chi connectivity index (χ2n) is 11.2. The molecule has 46 heavy (non-hydrogen) atoms. The van der Waals surface area contributed by atoms with Crippen LogP contribution in [-0.4, -0.2) is 62.7 Å². The summed E-state index contributed by atoms with van der Waals surface area (Å²) in [5.74, 6) is -1.06. The van der Waals surface area contributed by atoms with E-state index < -0.39 is 36.7 Å². The van der Waals surface area contributed by atoms with E-state index >= 15 is 0 Å². The van der Waals surface area contributed by atoms with Gasteiger partial charge in [-0.05, 0) is 36.0 Å². The number of hydrogen-bond acceptors (Lipinski definition) is 10. The van der Waals surface area contributed by atoms with Crippen LogP contribution in [0.5, 0.6) is 5.75 Å². The van der Waals surface area contributed by atoms with Gasteiger partial charge in [-0.25, -0.2) is 9.97 Å². The minimum atomic E-state index is -4.82. The number of pyridine rings is 1. The predicted octanol–water partition coefficient (Wildman–Crippen LogP) is 5.71. The highest BCUT2D eigenvalue weighted by atomic mass is 31.1. The Labute approximate surface area is 264 Å². The monoisotopic (exact) mass is 660 g/mol. The molecule has 0 radical (unpaired) electrons. The van der Waals surface area contributed by atoms with Gasteiger partial charge in [-0.3, -0.25) is 9.48 Å². The lowest BCUT2D eigenvalue weighted by Crippen LogP contribution is -2.23. The predicted molar refractivity (Wildman–Crippen MR) is 170 cm³/mol. The molecule has 0 saturated carbocycles. The van der Waals surface area contributed by atoms with E-state index in [0.29, 0.717) is 47.8 Å². The van der Waals surface area contributed by atoms with Crippen LogP contribution in [-0.2, 0) is 23.4 Å². The Bertz CT molecular complexity index is 1730. The molecule has 4 N–H and O–H groups in total. The Morgan fingerprint density at radius 3 is 2.48 bits per heavy atom. The minimum Gasteiger partial charge on any atom is -0.495 e. The number of aromatic nitrogens is 5. The van der Waals surface area contributed by atoms with Crippen LogP contribution in [0.3, 0.4) is 0 Å². The third-order valence-corrected chi connectivity index (χ3v) is 8.53. The van der Waals surface area contributed by atoms with Crippen molar-refractivity contribution in [2.24, 2.45) is 5.41 Å². The number of ether oxygens (including phenoxy) is 1. The molecule has 4 rings (SSSR count). The smallest absolute Gasteiger partial charge is 0.421 e. The van der Waals surface area contributed by atoms with Crippen molar-refractivity contribution in [2.75, 3.05) is 37.6 Å². The molecule has 1 aromatic carbocycles. The van der Waals surface area contributed by atoms with E-state index in [1.54, 1.807) is 41.3 Å². The van der Waals surface area contributed by atoms with Crippen LogP contribution in [0, 0.1) is 5.41 Å². The molecule has 12 nitrogen and oxygen atoms in total. The summed E-state index contributed by atoms with van der Waals surface area (Å²) in [6.45, 7) is 5.98. The molecule has 1 atom stereocenters. The molecule has 1 amide bonds. The van der Waals surface area contributed by atoms with Gasteiger partial charge in [-0.1, -0.05) is 26.8 Å². The number of carbonyl (C=O) groups is 1. The van der Waals surface area contributed by atoms with Gasteiger partial charge in [0, 0.05) is 49.7 Å². The molecule has 3 aromatic heterocycles. The van der Waals surface area contributed by atoms with Crippen LogP contribution < -0.4 is 20.7 Å². The number of anilines is 4. The minimum absolute atomic E-state index is 0.0277. The first-order chi connectivity index (χ1) is 21.8. The fourth-order valence-electron chi connectivity index (χ4n) is 4.38. The van der Waals surface area contributed by atoms with Crippen LogP contribution in [0.1, 0.15) is 42.4 Å². The standard InChI is InChI=1S/C30H36F3N8O4P/c1-6-46(44)15-18-7-8-22(24(11-18)45-5)39-28-35-13-20(30(31,32)33)26(40-28)38-23-10-9-21(37-25(23)27(43)34-4)19-12-36-41(14-19)16-29(2,3)17-42/h7-14,42,46H,6,15-17H2,1-5H3,(H,34,43)(H2,35,38,39,40). The zero-order valence-electron chi connectivity index (χ0n) is 26.0. The molecule has 1 unspecified atom stereocenters. The van der Waals surface area contributed by atoms with E-state index in [9.17, 15) is 27.6 Å². The number of carbonyl (C=O) groups excluding carboxylic acids is 1. The Morgan fingerprint density at radius 2 is 1.83 bits per heavy atom. The molecular formula is C30H36F3N8O4P. The van der Waals surface area contributed by atoms with E-state index in [0.717, 1.165) is 5.56 Å². The largest absolute Gasteiger partial charge is 0.495 e. The summed E-state index contributed by atoms with van der Waals surface area (Å²) in [6, 6.07) is 8.06. The average Bonchev–Trinajstić information content (AvgIpc) is 3.48. The van der Waals surface area contributed by atoms with Gasteiger partial charge in [0.1, 0.15) is 17.1 Å². The summed E-state index contributed by atoms with van der Waals surface area (Å²) in [5, 5.41) is 21.9. The highest BCUT2D eigenvalue weighted by Crippen LogP contribution is 2.37. The van der Waals surface area contributed by atoms with Crippen molar-refractivity contribution in [1.29, 1.82) is 0 Å². The molecule has 0 fully saturated rings. The maximum absolute atomic E-state index is 14.1. The molecule has 0 saturated heterocycles. The van der Waals surface area contributed by atoms with E-state index in [-0.39, 0.29) is 23.9 Å². The van der Waals surface area contributed by atoms with Crippen LogP contribution in [0.2, 0.25) is 0 Å². The lowest BCUT2D eigenvalue weighted by molar-refractivity contribution is -0.137. The van der Waals surface area contributed by atoms with Crippen molar-refractivity contribution in [3.8, 4) is 17.0 Å². The van der Waals surface area contributed by atoms with Crippen molar-refractivity contribution in [3.63, 3.8) is 0 Å². The number of hydrogen-bond donors (Lipinski definition) is 4. The summed E-state index contributed by atoms with van der Waals surface area (Å²) in [4.78, 5) is 25.2. The van der Waals surface area contributed by atoms with E-state index in [1.807, 2.05) is 20.8 Å². The van der Waals surface area contributed by atoms with Crippen LogP contribution in [0.4, 0.5) is 36.3 Å². The van der Waals surface area contributed by atoms with Crippen molar-refractivity contribution >= 4 is 36.8 Å². The molecule has 0 aliphatic carbocycles. The van der Waals surface area contributed by atoms with Gasteiger partial charge in [-0.15, -0.1) is 0 Å². The maximum atomic E-state index is 14.1. The molecule has 0 aliphatic heterocycles. The first-order valence-electron chi connectivity index (χ1n) is 14.3. The Balaban J connectivity index is 1.68. The van der Waals surface area contributed by atoms with Crippen molar-refractivity contribution in [2.45, 2.75) is 39.7 Å². The molecule has 0 aliphatic rings. The number of methoxy groups -OCH3 is 1. The molecule has 0 spiro atoms. The summed E-state index contributed by atoms with van der Waals surface area (Å²) >= 11 is 0. The average molecular weight is 661 g/mol. The number of aliphatic hydroxyl groups is 1. The van der Waals surface area contributed by atoms with Crippen LogP contribution >= 0.6 is 7.80 Å². The van der Waals surface area contributed by atoms with Gasteiger partial charge in [0.05, 0.1) is 38.2 Å². The lowest BCUT2D eigenvalue weighted by atomic mass is 9.95. The second-order valence-corrected chi connectivity index (χ2v) is 13.4. The summed E-state index contributed by atoms with van der Waals surface area (Å²) in [5.41, 5.74) is 0.314. The first kappa shape index (κ1) is 34.4. The fraction of sp³-hybridized carbons (Fsp3) is 0.367. The van der Waals surface area contributed by atoms with Gasteiger partial charge in [-0.2, -0.15) is 23.3 Å². The Hall–Kier alpha value is -4.49. The first-order valence-corrected chi connectivity index (χ1v) is 16.1. The van der Waals surface area contributed by atoms with E-state index in [1.165, 1.54) is 20.2 Å². The summed E-state index contributed by atoms with van der Waals surface area (Å²) in [6.07, 6.45) is 0.0234. The number of benzene rings is 1. The SMILES string of the molecule is CC[PH](=O)Cc1ccc(Nc2ncc(C(F)(F)F)c(Nc3ccc(-c4cnn(CC(C)(C)CO)c4)nc3C(=O)NC)n2)c(OC)c1. The van der Waals surface area contributed by atoms with Crippen molar-refractivity contribution in [3.05, 3.63) is 65.7 Å². The number of aliphatic hydroxyl groups excluding tert-OH is 1. The Kier molecular flexibility index (Phi) is 10.7. The molecule has 0 bridgehead atoms. The van der Waals surface area contributed by atoms with Gasteiger partial charge in [0.2, 0.25) is 5.95 Å². The van der Waals surface area contributed by atoms with E-state index in [4.69, 9.17) is 4.74 Å². The molecule has 4 aromatic rings. The Morgan fingerprint density at radius 1 is 1.09 bits per heavy atom. The van der Waals surface area contributed by atoms with Crippen LogP contribution in [0.25, 0.3) is 11.3 Å². The molecular weight excluding hydrogens is 624 g/mol. The highest BCUT2D eigenvalue weighted by molar-refractivity contribution is 7.43. The third-order valence-electron chi connectivity index (χ3n) is 6.94. The second kappa shape index (κ2) is 14.3. The van der Waals surface area contributed by atoms with Gasteiger partial charge in [0.15, 0.2) is 5.69 Å². The number of nitrogens with zero attached hydrogens (tertiary/aromatic N) is 5. The number of alkyl halides is 3. The number of rotatable bonds is 13. The zero-order valence-corrected chi connectivity index (χ0v) is 27.0. The maximum Gasteiger partial charge on any atom is 0.421 e. The third kappa shape index (κ3) is 8.40. The molecule has 3 heterocycles. The summed E-state index contributed by atoms with van der Waals surface area (Å²) < 4.78 is 61.3. The molecule has 246 valence electrons. The quantitative estimate of drug-likeness (QED) is 0.131. The van der Waals surface area contributed by atoms with Crippen molar-refractivity contribution in [1.82, 2.24) is 30.0 Å². The van der Waals surface area contributed by atoms with Gasteiger partial charge in [0.25, 0.3) is 5.91 Å². The lowest BCUT2D eigenvalue weighted by Gasteiger charge is -2.20. The van der Waals surface area contributed by atoms with Crippen LogP contribution in [0.15, 0.2) is 48.9 Å². The number of halogens is 3. The number of nitrogens with one attached hydrogen (secondary N) is 3. The molecule has 16 heteroatoms. The van der Waals surface area contributed by atoms with Gasteiger partial charge >= 0.3 is 6.18 Å². The normalized spacial score (nSPS) is 12.5. The fourth-order valence-corrected chi connectivity index (χ4v) is 5.30. The zero-order chi connectivity index (χ0) is 33.6. The topological polar surface area (TPSA) is 156 Å². The van der Waals surface area contributed by atoms with Gasteiger partial charge < -0.3 is 30.4 Å². The van der Waals surface area contributed by atoms with E-state index in [2.05, 4.69) is 36.0 Å². The number of amides is 1. The van der Waals surface area contributed by atoms with Crippen molar-refractivity contribution < 1.29 is 32.4 Å². The summed E-state index contributed by atoms with van der Waals surface area (Å²) in [7, 11) is 1.04. The highest BCUT2D eigenvalue weighted by Gasteiger charge is 2.36.